The van der Waals surface area contributed by atoms with Crippen LogP contribution in [-0.2, 0) is 9.47 Å². The summed E-state index contributed by atoms with van der Waals surface area (Å²) in [7, 11) is 0. The number of aliphatic hydroxyl groups excluding tert-OH is 5. The molecule has 5 N–H and O–H groups in total. The first-order chi connectivity index (χ1) is 11.7. The maximum atomic E-state index is 10.00. The molecule has 2 rings (SSSR count). The summed E-state index contributed by atoms with van der Waals surface area (Å²) >= 11 is 0. The van der Waals surface area contributed by atoms with Gasteiger partial charge in [0, 0.05) is 0 Å². The first-order valence-electron chi connectivity index (χ1n) is 9.26. The molecule has 0 aromatic rings. The molecule has 0 bridgehead atoms. The Hall–Kier alpha value is -0.280. The number of hydrogen-bond acceptors (Lipinski definition) is 7. The monoisotopic (exact) mass is 362 g/mol. The van der Waals surface area contributed by atoms with Crippen LogP contribution in [0.5, 0.6) is 0 Å². The zero-order valence-electron chi connectivity index (χ0n) is 15.4. The van der Waals surface area contributed by atoms with Gasteiger partial charge in [0.25, 0.3) is 0 Å². The Balaban J connectivity index is 1.89. The summed E-state index contributed by atoms with van der Waals surface area (Å²) in [6.07, 6.45) is -2.67. The van der Waals surface area contributed by atoms with Gasteiger partial charge in [-0.05, 0) is 42.9 Å². The lowest BCUT2D eigenvalue weighted by atomic mass is 9.61. The minimum absolute atomic E-state index is 0.0121. The second-order valence-electron chi connectivity index (χ2n) is 8.43. The summed E-state index contributed by atoms with van der Waals surface area (Å²) in [5.74, 6) is 0.782. The molecule has 1 aliphatic heterocycles. The molecule has 2 aliphatic rings. The quantitative estimate of drug-likeness (QED) is 0.452. The summed E-state index contributed by atoms with van der Waals surface area (Å²) in [5.41, 5.74) is 0.0121. The Kier molecular flexibility index (Phi) is 7.24. The fraction of sp³-hybridized carbons (Fsp3) is 1.00. The van der Waals surface area contributed by atoms with Crippen LogP contribution in [0.15, 0.2) is 0 Å². The van der Waals surface area contributed by atoms with E-state index in [4.69, 9.17) is 9.47 Å². The van der Waals surface area contributed by atoms with Gasteiger partial charge in [-0.2, -0.15) is 0 Å². The van der Waals surface area contributed by atoms with Gasteiger partial charge < -0.3 is 35.0 Å². The predicted molar refractivity (Wildman–Crippen MR) is 90.6 cm³/mol. The van der Waals surface area contributed by atoms with Crippen molar-refractivity contribution < 1.29 is 35.0 Å². The van der Waals surface area contributed by atoms with E-state index in [2.05, 4.69) is 20.8 Å². The molecule has 148 valence electrons. The molecule has 0 spiro atoms. The van der Waals surface area contributed by atoms with Crippen molar-refractivity contribution in [2.75, 3.05) is 13.2 Å². The van der Waals surface area contributed by atoms with Crippen LogP contribution in [0.4, 0.5) is 0 Å². The van der Waals surface area contributed by atoms with Gasteiger partial charge in [-0.3, -0.25) is 0 Å². The maximum Gasteiger partial charge on any atom is 0.186 e. The normalized spacial score (nSPS) is 43.0. The van der Waals surface area contributed by atoms with E-state index in [9.17, 15) is 25.5 Å². The first kappa shape index (κ1) is 21.0. The number of hydrogen-bond donors (Lipinski definition) is 5. The third-order valence-corrected chi connectivity index (χ3v) is 5.88. The van der Waals surface area contributed by atoms with Crippen LogP contribution in [0, 0.1) is 17.3 Å². The van der Waals surface area contributed by atoms with Crippen molar-refractivity contribution >= 4 is 0 Å². The SMILES string of the molecule is C[C@@H]1C[C@H](O)CC(C)(C)[C@H]1CC[C@@H](CO)O[C@@H]1OC[C@@H](O)[C@H](O)[C@H]1O. The van der Waals surface area contributed by atoms with Gasteiger partial charge >= 0.3 is 0 Å². The smallest absolute Gasteiger partial charge is 0.186 e. The average molecular weight is 362 g/mol. The van der Waals surface area contributed by atoms with Gasteiger partial charge in [0.2, 0.25) is 0 Å². The molecule has 8 atom stereocenters. The molecule has 0 unspecified atom stereocenters. The molecule has 0 amide bonds. The summed E-state index contributed by atoms with van der Waals surface area (Å²) in [5, 5.41) is 48.8. The van der Waals surface area contributed by atoms with Crippen molar-refractivity contribution in [3.05, 3.63) is 0 Å². The van der Waals surface area contributed by atoms with Gasteiger partial charge in [-0.25, -0.2) is 0 Å². The van der Waals surface area contributed by atoms with E-state index in [0.29, 0.717) is 18.3 Å². The standard InChI is InChI=1S/C18H34O7/c1-10-6-11(20)7-18(2,3)13(10)5-4-12(8-19)25-17-16(23)15(22)14(21)9-24-17/h10-17,19-23H,4-9H2,1-3H3/t10-,11+,12+,13+,14-,15+,16-,17+/m1/s1. The van der Waals surface area contributed by atoms with Gasteiger partial charge in [-0.15, -0.1) is 0 Å². The molecular formula is C18H34O7. The molecule has 1 heterocycles. The van der Waals surface area contributed by atoms with Crippen LogP contribution in [0.25, 0.3) is 0 Å². The second-order valence-corrected chi connectivity index (χ2v) is 8.43. The van der Waals surface area contributed by atoms with Gasteiger partial charge in [-0.1, -0.05) is 20.8 Å². The lowest BCUT2D eigenvalue weighted by Crippen LogP contribution is -2.54. The van der Waals surface area contributed by atoms with Crippen LogP contribution >= 0.6 is 0 Å². The summed E-state index contributed by atoms with van der Waals surface area (Å²) in [6.45, 7) is 6.14. The predicted octanol–water partition coefficient (Wildman–Crippen LogP) is 0.0163. The summed E-state index contributed by atoms with van der Waals surface area (Å²) < 4.78 is 10.9. The molecular weight excluding hydrogens is 328 g/mol. The minimum atomic E-state index is -1.35. The molecule has 1 saturated carbocycles. The van der Waals surface area contributed by atoms with Gasteiger partial charge in [0.05, 0.1) is 25.4 Å². The topological polar surface area (TPSA) is 120 Å². The fourth-order valence-corrected chi connectivity index (χ4v) is 4.54. The largest absolute Gasteiger partial charge is 0.394 e. The third kappa shape index (κ3) is 5.13. The number of rotatable bonds is 6. The van der Waals surface area contributed by atoms with Crippen molar-refractivity contribution in [3.8, 4) is 0 Å². The van der Waals surface area contributed by atoms with E-state index < -0.39 is 30.7 Å². The van der Waals surface area contributed by atoms with Crippen molar-refractivity contribution in [2.24, 2.45) is 17.3 Å². The highest BCUT2D eigenvalue weighted by Gasteiger charge is 2.42. The Morgan fingerprint density at radius 3 is 2.44 bits per heavy atom. The average Bonchev–Trinajstić information content (AvgIpc) is 2.52. The van der Waals surface area contributed by atoms with Crippen molar-refractivity contribution in [2.45, 2.75) is 83.3 Å². The van der Waals surface area contributed by atoms with E-state index >= 15 is 0 Å². The Morgan fingerprint density at radius 2 is 1.84 bits per heavy atom. The van der Waals surface area contributed by atoms with E-state index in [0.717, 1.165) is 19.3 Å². The van der Waals surface area contributed by atoms with Gasteiger partial charge in [0.15, 0.2) is 6.29 Å². The number of aliphatic hydroxyl groups is 5. The van der Waals surface area contributed by atoms with Crippen LogP contribution in [0.2, 0.25) is 0 Å². The molecule has 0 aromatic carbocycles. The molecule has 1 saturated heterocycles. The van der Waals surface area contributed by atoms with E-state index in [1.165, 1.54) is 0 Å². The maximum absolute atomic E-state index is 10.00. The van der Waals surface area contributed by atoms with Crippen LogP contribution in [-0.4, -0.2) is 75.6 Å². The highest BCUT2D eigenvalue weighted by molar-refractivity contribution is 4.90. The van der Waals surface area contributed by atoms with Gasteiger partial charge in [0.1, 0.15) is 18.3 Å². The van der Waals surface area contributed by atoms with Crippen LogP contribution < -0.4 is 0 Å². The molecule has 0 aromatic heterocycles. The molecule has 7 heteroatoms. The van der Waals surface area contributed by atoms with Crippen LogP contribution in [0.1, 0.15) is 46.5 Å². The first-order valence-corrected chi connectivity index (χ1v) is 9.26. The molecule has 7 nitrogen and oxygen atoms in total. The number of ether oxygens (including phenoxy) is 2. The second kappa shape index (κ2) is 8.61. The van der Waals surface area contributed by atoms with Crippen molar-refractivity contribution in [3.63, 3.8) is 0 Å². The third-order valence-electron chi connectivity index (χ3n) is 5.88. The molecule has 1 aliphatic carbocycles. The minimum Gasteiger partial charge on any atom is -0.394 e. The fourth-order valence-electron chi connectivity index (χ4n) is 4.54. The van der Waals surface area contributed by atoms with Crippen molar-refractivity contribution in [1.82, 2.24) is 0 Å². The molecule has 0 radical (unpaired) electrons. The Bertz CT molecular complexity index is 416. The lowest BCUT2D eigenvalue weighted by Gasteiger charge is -2.45. The molecule has 25 heavy (non-hydrogen) atoms. The van der Waals surface area contributed by atoms with Crippen molar-refractivity contribution in [1.29, 1.82) is 0 Å². The van der Waals surface area contributed by atoms with Crippen LogP contribution in [0.3, 0.4) is 0 Å². The molecule has 2 fully saturated rings. The Labute approximate surface area is 149 Å². The Morgan fingerprint density at radius 1 is 1.16 bits per heavy atom. The van der Waals surface area contributed by atoms with E-state index in [1.807, 2.05) is 0 Å². The van der Waals surface area contributed by atoms with E-state index in [1.54, 1.807) is 0 Å². The lowest BCUT2D eigenvalue weighted by molar-refractivity contribution is -0.285. The highest BCUT2D eigenvalue weighted by Crippen LogP contribution is 2.46. The summed E-state index contributed by atoms with van der Waals surface area (Å²) in [6, 6.07) is 0. The van der Waals surface area contributed by atoms with E-state index in [-0.39, 0.29) is 24.7 Å². The zero-order valence-corrected chi connectivity index (χ0v) is 15.4. The zero-order chi connectivity index (χ0) is 18.8. The summed E-state index contributed by atoms with van der Waals surface area (Å²) in [4.78, 5) is 0. The highest BCUT2D eigenvalue weighted by atomic mass is 16.7.